The van der Waals surface area contributed by atoms with Crippen LogP contribution in [0.25, 0.3) is 0 Å². The molecule has 1 aromatic rings. The SMILES string of the molecule is Cc1nc(NC(=O)NCC2CCCCC2)sc1C. The maximum Gasteiger partial charge on any atom is 0.321 e. The number of urea groups is 1. The Balaban J connectivity index is 1.74. The maximum atomic E-state index is 11.7. The molecule has 0 aromatic carbocycles. The average molecular weight is 267 g/mol. The van der Waals surface area contributed by atoms with E-state index in [0.29, 0.717) is 11.0 Å². The van der Waals surface area contributed by atoms with Crippen LogP contribution < -0.4 is 10.6 Å². The van der Waals surface area contributed by atoms with E-state index < -0.39 is 0 Å². The second kappa shape index (κ2) is 6.18. The topological polar surface area (TPSA) is 54.0 Å². The molecule has 18 heavy (non-hydrogen) atoms. The number of aromatic nitrogens is 1. The first-order valence-electron chi connectivity index (χ1n) is 6.64. The minimum absolute atomic E-state index is 0.130. The van der Waals surface area contributed by atoms with E-state index in [2.05, 4.69) is 15.6 Å². The van der Waals surface area contributed by atoms with Gasteiger partial charge < -0.3 is 5.32 Å². The number of rotatable bonds is 3. The summed E-state index contributed by atoms with van der Waals surface area (Å²) in [5, 5.41) is 6.43. The highest BCUT2D eigenvalue weighted by atomic mass is 32.1. The fourth-order valence-electron chi connectivity index (χ4n) is 2.30. The van der Waals surface area contributed by atoms with Crippen LogP contribution in [0.15, 0.2) is 0 Å². The summed E-state index contributed by atoms with van der Waals surface area (Å²) in [6.07, 6.45) is 6.45. The highest BCUT2D eigenvalue weighted by Gasteiger charge is 2.14. The molecule has 1 heterocycles. The van der Waals surface area contributed by atoms with Crippen molar-refractivity contribution in [1.29, 1.82) is 0 Å². The Bertz CT molecular complexity index is 391. The van der Waals surface area contributed by atoms with Crippen LogP contribution in [0.4, 0.5) is 9.93 Å². The quantitative estimate of drug-likeness (QED) is 0.881. The van der Waals surface area contributed by atoms with E-state index in [1.807, 2.05) is 13.8 Å². The molecule has 0 saturated heterocycles. The van der Waals surface area contributed by atoms with Gasteiger partial charge in [-0.25, -0.2) is 9.78 Å². The second-order valence-electron chi connectivity index (χ2n) is 5.00. The van der Waals surface area contributed by atoms with Crippen molar-refractivity contribution in [2.75, 3.05) is 11.9 Å². The smallest absolute Gasteiger partial charge is 0.321 e. The molecule has 1 saturated carbocycles. The van der Waals surface area contributed by atoms with Crippen LogP contribution in [-0.2, 0) is 0 Å². The normalized spacial score (nSPS) is 16.6. The third kappa shape index (κ3) is 3.70. The molecule has 2 rings (SSSR count). The highest BCUT2D eigenvalue weighted by molar-refractivity contribution is 7.15. The number of carbonyl (C=O) groups is 1. The zero-order valence-electron chi connectivity index (χ0n) is 11.1. The fraction of sp³-hybridized carbons (Fsp3) is 0.692. The summed E-state index contributed by atoms with van der Waals surface area (Å²) in [5.41, 5.74) is 0.989. The molecular weight excluding hydrogens is 246 g/mol. The molecule has 0 atom stereocenters. The van der Waals surface area contributed by atoms with Gasteiger partial charge in [0.15, 0.2) is 5.13 Å². The Labute approximate surface area is 112 Å². The number of hydrogen-bond acceptors (Lipinski definition) is 3. The Morgan fingerprint density at radius 3 is 2.67 bits per heavy atom. The van der Waals surface area contributed by atoms with E-state index in [0.717, 1.165) is 17.1 Å². The van der Waals surface area contributed by atoms with Gasteiger partial charge in [0.1, 0.15) is 0 Å². The van der Waals surface area contributed by atoms with Crippen LogP contribution in [0, 0.1) is 19.8 Å². The van der Waals surface area contributed by atoms with E-state index in [4.69, 9.17) is 0 Å². The maximum absolute atomic E-state index is 11.7. The van der Waals surface area contributed by atoms with E-state index in [9.17, 15) is 4.79 Å². The second-order valence-corrected chi connectivity index (χ2v) is 6.20. The van der Waals surface area contributed by atoms with Crippen LogP contribution in [0.1, 0.15) is 42.7 Å². The summed E-state index contributed by atoms with van der Waals surface area (Å²) in [6.45, 7) is 4.75. The Morgan fingerprint density at radius 2 is 2.06 bits per heavy atom. The first kappa shape index (κ1) is 13.3. The molecule has 0 bridgehead atoms. The van der Waals surface area contributed by atoms with Crippen molar-refractivity contribution in [2.45, 2.75) is 46.0 Å². The lowest BCUT2D eigenvalue weighted by atomic mass is 9.89. The number of anilines is 1. The lowest BCUT2D eigenvalue weighted by Crippen LogP contribution is -2.33. The molecule has 0 radical (unpaired) electrons. The van der Waals surface area contributed by atoms with Gasteiger partial charge >= 0.3 is 6.03 Å². The number of nitrogens with one attached hydrogen (secondary N) is 2. The monoisotopic (exact) mass is 267 g/mol. The Hall–Kier alpha value is -1.10. The standard InChI is InChI=1S/C13H21N3OS/c1-9-10(2)18-13(15-9)16-12(17)14-8-11-6-4-3-5-7-11/h11H,3-8H2,1-2H3,(H2,14,15,16,17). The molecule has 0 unspecified atom stereocenters. The number of carbonyl (C=O) groups excluding carboxylic acids is 1. The third-order valence-electron chi connectivity index (χ3n) is 3.53. The van der Waals surface area contributed by atoms with Gasteiger partial charge in [-0.2, -0.15) is 0 Å². The lowest BCUT2D eigenvalue weighted by molar-refractivity contribution is 0.247. The van der Waals surface area contributed by atoms with Gasteiger partial charge in [-0.15, -0.1) is 11.3 Å². The summed E-state index contributed by atoms with van der Waals surface area (Å²) in [5.74, 6) is 0.657. The van der Waals surface area contributed by atoms with Crippen molar-refractivity contribution in [3.05, 3.63) is 10.6 Å². The molecule has 2 amide bonds. The molecule has 0 spiro atoms. The minimum Gasteiger partial charge on any atom is -0.338 e. The summed E-state index contributed by atoms with van der Waals surface area (Å²) >= 11 is 1.52. The van der Waals surface area contributed by atoms with Crippen LogP contribution in [-0.4, -0.2) is 17.6 Å². The van der Waals surface area contributed by atoms with E-state index in [1.54, 1.807) is 0 Å². The molecule has 100 valence electrons. The summed E-state index contributed by atoms with van der Waals surface area (Å²) in [6, 6.07) is -0.130. The van der Waals surface area contributed by atoms with Crippen molar-refractivity contribution >= 4 is 22.5 Å². The van der Waals surface area contributed by atoms with Gasteiger partial charge in [-0.05, 0) is 32.6 Å². The minimum atomic E-state index is -0.130. The molecule has 5 heteroatoms. The van der Waals surface area contributed by atoms with Crippen molar-refractivity contribution in [1.82, 2.24) is 10.3 Å². The van der Waals surface area contributed by atoms with Gasteiger partial charge in [0.2, 0.25) is 0 Å². The third-order valence-corrected chi connectivity index (χ3v) is 4.51. The Kier molecular flexibility index (Phi) is 4.58. The Morgan fingerprint density at radius 1 is 1.33 bits per heavy atom. The van der Waals surface area contributed by atoms with Crippen molar-refractivity contribution in [3.8, 4) is 0 Å². The fourth-order valence-corrected chi connectivity index (χ4v) is 3.11. The molecule has 1 aliphatic rings. The zero-order chi connectivity index (χ0) is 13.0. The van der Waals surface area contributed by atoms with Crippen LogP contribution >= 0.6 is 11.3 Å². The molecule has 0 aliphatic heterocycles. The van der Waals surface area contributed by atoms with Crippen LogP contribution in [0.2, 0.25) is 0 Å². The van der Waals surface area contributed by atoms with E-state index in [1.165, 1.54) is 43.4 Å². The predicted octanol–water partition coefficient (Wildman–Crippen LogP) is 3.46. The molecule has 1 aromatic heterocycles. The average Bonchev–Trinajstić information content (AvgIpc) is 2.67. The first-order chi connectivity index (χ1) is 8.65. The highest BCUT2D eigenvalue weighted by Crippen LogP contribution is 2.23. The van der Waals surface area contributed by atoms with Gasteiger partial charge in [0, 0.05) is 11.4 Å². The van der Waals surface area contributed by atoms with Gasteiger partial charge in [-0.1, -0.05) is 19.3 Å². The van der Waals surface area contributed by atoms with E-state index in [-0.39, 0.29) is 6.03 Å². The summed E-state index contributed by atoms with van der Waals surface area (Å²) in [4.78, 5) is 17.2. The van der Waals surface area contributed by atoms with E-state index >= 15 is 0 Å². The van der Waals surface area contributed by atoms with Crippen LogP contribution in [0.3, 0.4) is 0 Å². The molecule has 2 N–H and O–H groups in total. The number of nitrogens with zero attached hydrogens (tertiary/aromatic N) is 1. The van der Waals surface area contributed by atoms with Crippen molar-refractivity contribution in [3.63, 3.8) is 0 Å². The first-order valence-corrected chi connectivity index (χ1v) is 7.45. The summed E-state index contributed by atoms with van der Waals surface area (Å²) in [7, 11) is 0. The summed E-state index contributed by atoms with van der Waals surface area (Å²) < 4.78 is 0. The predicted molar refractivity (Wildman–Crippen MR) is 75.2 cm³/mol. The van der Waals surface area contributed by atoms with Crippen LogP contribution in [0.5, 0.6) is 0 Å². The number of hydrogen-bond donors (Lipinski definition) is 2. The van der Waals surface area contributed by atoms with Gasteiger partial charge in [0.25, 0.3) is 0 Å². The zero-order valence-corrected chi connectivity index (χ0v) is 11.9. The van der Waals surface area contributed by atoms with Gasteiger partial charge in [-0.3, -0.25) is 5.32 Å². The molecular formula is C13H21N3OS. The molecule has 4 nitrogen and oxygen atoms in total. The van der Waals surface area contributed by atoms with Crippen molar-refractivity contribution < 1.29 is 4.79 Å². The lowest BCUT2D eigenvalue weighted by Gasteiger charge is -2.21. The van der Waals surface area contributed by atoms with Gasteiger partial charge in [0.05, 0.1) is 5.69 Å². The number of aryl methyl sites for hydroxylation is 2. The largest absolute Gasteiger partial charge is 0.338 e. The number of thiazole rings is 1. The molecule has 1 fully saturated rings. The van der Waals surface area contributed by atoms with Crippen molar-refractivity contribution in [2.24, 2.45) is 5.92 Å². The molecule has 1 aliphatic carbocycles. The number of amides is 2.